The minimum Gasteiger partial charge on any atom is -0.490 e. The molecular formula is C24H33Cl4NO2. The van der Waals surface area contributed by atoms with Crippen LogP contribution in [-0.2, 0) is 13.2 Å². The van der Waals surface area contributed by atoms with Crippen molar-refractivity contribution in [3.63, 3.8) is 0 Å². The van der Waals surface area contributed by atoms with Gasteiger partial charge in [0, 0.05) is 27.7 Å². The molecule has 0 saturated heterocycles. The summed E-state index contributed by atoms with van der Waals surface area (Å²) in [6.07, 6.45) is 1.05. The second-order valence-electron chi connectivity index (χ2n) is 9.34. The van der Waals surface area contributed by atoms with Crippen molar-refractivity contribution in [2.24, 2.45) is 5.41 Å². The van der Waals surface area contributed by atoms with E-state index in [4.69, 9.17) is 44.3 Å². The second-order valence-corrected chi connectivity index (χ2v) is 10.6. The molecule has 2 aromatic rings. The maximum Gasteiger partial charge on any atom is 0.180 e. The molecule has 0 fully saturated rings. The number of hydrogen-bond donors (Lipinski definition) is 1. The van der Waals surface area contributed by atoms with Crippen LogP contribution in [0, 0.1) is 5.41 Å². The molecule has 31 heavy (non-hydrogen) atoms. The highest BCUT2D eigenvalue weighted by Crippen LogP contribution is 2.38. The third-order valence-electron chi connectivity index (χ3n) is 4.50. The fourth-order valence-corrected chi connectivity index (χ4v) is 4.40. The van der Waals surface area contributed by atoms with Gasteiger partial charge in [-0.1, -0.05) is 61.6 Å². The highest BCUT2D eigenvalue weighted by atomic mass is 35.5. The molecule has 0 radical (unpaired) electrons. The zero-order valence-electron chi connectivity index (χ0n) is 19.1. The maximum atomic E-state index is 6.57. The summed E-state index contributed by atoms with van der Waals surface area (Å²) in [5.41, 5.74) is 2.11. The Kier molecular flexibility index (Phi) is 10.8. The van der Waals surface area contributed by atoms with Crippen molar-refractivity contribution in [1.29, 1.82) is 0 Å². The lowest BCUT2D eigenvalue weighted by Crippen LogP contribution is -2.41. The van der Waals surface area contributed by atoms with E-state index in [1.165, 1.54) is 0 Å². The van der Waals surface area contributed by atoms with Crippen LogP contribution < -0.4 is 14.8 Å². The van der Waals surface area contributed by atoms with Crippen molar-refractivity contribution in [2.45, 2.75) is 66.7 Å². The Labute approximate surface area is 208 Å². The zero-order valence-corrected chi connectivity index (χ0v) is 22.2. The van der Waals surface area contributed by atoms with E-state index in [-0.39, 0.29) is 30.0 Å². The highest BCUT2D eigenvalue weighted by Gasteiger charge is 2.25. The van der Waals surface area contributed by atoms with Gasteiger partial charge in [0.25, 0.3) is 0 Å². The molecule has 1 N–H and O–H groups in total. The number of halogens is 4. The van der Waals surface area contributed by atoms with E-state index in [1.54, 1.807) is 12.1 Å². The average molecular weight is 509 g/mol. The summed E-state index contributed by atoms with van der Waals surface area (Å²) in [5, 5.41) is 5.28. The molecule has 2 aromatic carbocycles. The Morgan fingerprint density at radius 3 is 2.16 bits per heavy atom. The number of hydrogen-bond acceptors (Lipinski definition) is 3. The lowest BCUT2D eigenvalue weighted by atomic mass is 9.82. The minimum atomic E-state index is -0.00297. The zero-order chi connectivity index (χ0) is 22.5. The first kappa shape index (κ1) is 28.2. The summed E-state index contributed by atoms with van der Waals surface area (Å²) < 4.78 is 11.8. The van der Waals surface area contributed by atoms with E-state index in [9.17, 15) is 0 Å². The summed E-state index contributed by atoms with van der Waals surface area (Å²) >= 11 is 18.8. The van der Waals surface area contributed by atoms with E-state index >= 15 is 0 Å². The van der Waals surface area contributed by atoms with Crippen molar-refractivity contribution in [3.05, 3.63) is 56.5 Å². The first-order valence-electron chi connectivity index (χ1n) is 10.2. The SMILES string of the molecule is CCOc1cc(CNC(C)(C)CC(C)(C)C)cc(Cl)c1OCc1ccc(Cl)cc1Cl.Cl. The molecule has 0 aromatic heterocycles. The molecule has 0 heterocycles. The van der Waals surface area contributed by atoms with Crippen LogP contribution in [0.3, 0.4) is 0 Å². The molecule has 174 valence electrons. The van der Waals surface area contributed by atoms with Gasteiger partial charge in [-0.3, -0.25) is 0 Å². The van der Waals surface area contributed by atoms with Gasteiger partial charge in [0.1, 0.15) is 6.61 Å². The summed E-state index contributed by atoms with van der Waals surface area (Å²) in [6.45, 7) is 14.6. The van der Waals surface area contributed by atoms with Crippen LogP contribution in [0.25, 0.3) is 0 Å². The lowest BCUT2D eigenvalue weighted by molar-refractivity contribution is 0.240. The van der Waals surface area contributed by atoms with Gasteiger partial charge in [-0.2, -0.15) is 0 Å². The molecule has 3 nitrogen and oxygen atoms in total. The van der Waals surface area contributed by atoms with Crippen LogP contribution in [0.15, 0.2) is 30.3 Å². The normalized spacial score (nSPS) is 11.8. The van der Waals surface area contributed by atoms with Gasteiger partial charge in [0.05, 0.1) is 11.6 Å². The molecule has 0 unspecified atom stereocenters. The maximum absolute atomic E-state index is 6.57. The van der Waals surface area contributed by atoms with E-state index < -0.39 is 0 Å². The van der Waals surface area contributed by atoms with Crippen LogP contribution in [0.4, 0.5) is 0 Å². The topological polar surface area (TPSA) is 30.5 Å². The molecule has 0 aliphatic heterocycles. The largest absolute Gasteiger partial charge is 0.490 e. The van der Waals surface area contributed by atoms with Gasteiger partial charge in [-0.05, 0) is 62.4 Å². The van der Waals surface area contributed by atoms with E-state index in [1.807, 2.05) is 25.1 Å². The molecule has 0 bridgehead atoms. The number of rotatable bonds is 9. The Morgan fingerprint density at radius 2 is 1.58 bits per heavy atom. The van der Waals surface area contributed by atoms with Crippen LogP contribution in [0.2, 0.25) is 15.1 Å². The first-order valence-corrected chi connectivity index (χ1v) is 11.3. The van der Waals surface area contributed by atoms with Crippen LogP contribution in [0.5, 0.6) is 11.5 Å². The standard InChI is InChI=1S/C24H32Cl3NO2.ClH/c1-7-29-21-11-16(13-28-24(5,6)15-23(2,3)4)10-20(27)22(21)30-14-17-8-9-18(25)12-19(17)26;/h8-12,28H,7,13-15H2,1-6H3;1H. The van der Waals surface area contributed by atoms with Crippen LogP contribution >= 0.6 is 47.2 Å². The molecule has 0 aliphatic carbocycles. The minimum absolute atomic E-state index is 0. The Bertz CT molecular complexity index is 863. The molecule has 0 amide bonds. The third kappa shape index (κ3) is 9.27. The molecular weight excluding hydrogens is 476 g/mol. The van der Waals surface area contributed by atoms with Gasteiger partial charge in [0.15, 0.2) is 11.5 Å². The number of benzene rings is 2. The number of nitrogens with one attached hydrogen (secondary N) is 1. The molecule has 0 aliphatic rings. The fraction of sp³-hybridized carbons (Fsp3) is 0.500. The summed E-state index contributed by atoms with van der Waals surface area (Å²) in [4.78, 5) is 0. The van der Waals surface area contributed by atoms with Gasteiger partial charge >= 0.3 is 0 Å². The molecule has 0 atom stereocenters. The molecule has 0 spiro atoms. The van der Waals surface area contributed by atoms with Gasteiger partial charge in [0.2, 0.25) is 0 Å². The van der Waals surface area contributed by atoms with Crippen molar-refractivity contribution in [1.82, 2.24) is 5.32 Å². The predicted molar refractivity (Wildman–Crippen MR) is 136 cm³/mol. The van der Waals surface area contributed by atoms with Crippen LogP contribution in [-0.4, -0.2) is 12.1 Å². The lowest BCUT2D eigenvalue weighted by Gasteiger charge is -2.33. The smallest absolute Gasteiger partial charge is 0.180 e. The molecule has 2 rings (SSSR count). The quantitative estimate of drug-likeness (QED) is 0.369. The Balaban J connectivity index is 0.00000480. The van der Waals surface area contributed by atoms with E-state index in [0.717, 1.165) is 17.5 Å². The summed E-state index contributed by atoms with van der Waals surface area (Å²) in [7, 11) is 0. The van der Waals surface area contributed by atoms with Crippen LogP contribution in [0.1, 0.15) is 59.1 Å². The Morgan fingerprint density at radius 1 is 0.903 bits per heavy atom. The van der Waals surface area contributed by atoms with Crippen molar-refractivity contribution in [3.8, 4) is 11.5 Å². The van der Waals surface area contributed by atoms with Crippen molar-refractivity contribution in [2.75, 3.05) is 6.61 Å². The van der Waals surface area contributed by atoms with Crippen molar-refractivity contribution < 1.29 is 9.47 Å². The predicted octanol–water partition coefficient (Wildman–Crippen LogP) is 8.35. The monoisotopic (exact) mass is 507 g/mol. The molecule has 7 heteroatoms. The Hall–Kier alpha value is -0.840. The summed E-state index contributed by atoms with van der Waals surface area (Å²) in [6, 6.07) is 9.22. The van der Waals surface area contributed by atoms with Crippen molar-refractivity contribution >= 4 is 47.2 Å². The van der Waals surface area contributed by atoms with Gasteiger partial charge < -0.3 is 14.8 Å². The third-order valence-corrected chi connectivity index (χ3v) is 5.37. The fourth-order valence-electron chi connectivity index (χ4n) is 3.64. The van der Waals surface area contributed by atoms with Gasteiger partial charge in [-0.25, -0.2) is 0 Å². The number of ether oxygens (including phenoxy) is 2. The summed E-state index contributed by atoms with van der Waals surface area (Å²) in [5.74, 6) is 1.14. The highest BCUT2D eigenvalue weighted by molar-refractivity contribution is 6.35. The second kappa shape index (κ2) is 11.9. The average Bonchev–Trinajstić information content (AvgIpc) is 2.59. The first-order chi connectivity index (χ1) is 13.9. The van der Waals surface area contributed by atoms with E-state index in [0.29, 0.717) is 39.7 Å². The van der Waals surface area contributed by atoms with Gasteiger partial charge in [-0.15, -0.1) is 12.4 Å². The molecule has 0 saturated carbocycles. The van der Waals surface area contributed by atoms with E-state index in [2.05, 4.69) is 39.9 Å².